The molecule has 1 aliphatic rings. The zero-order chi connectivity index (χ0) is 26.3. The number of anilines is 1. The largest absolute Gasteiger partial charge is 0.493 e. The SMILES string of the molecule is COc1cc(-c2csc(=Nc3cccnc3)n2N=Cc2ccc(N3CCOCC3)cc2)cc(OC)c1OC. The van der Waals surface area contributed by atoms with Gasteiger partial charge in [0.1, 0.15) is 0 Å². The second-order valence-corrected chi connectivity index (χ2v) is 9.22. The molecule has 38 heavy (non-hydrogen) atoms. The van der Waals surface area contributed by atoms with Gasteiger partial charge in [-0.3, -0.25) is 4.98 Å². The number of hydrogen-bond donors (Lipinski definition) is 0. The molecule has 0 radical (unpaired) electrons. The van der Waals surface area contributed by atoms with Crippen LogP contribution in [0, 0.1) is 0 Å². The summed E-state index contributed by atoms with van der Waals surface area (Å²) >= 11 is 1.48. The molecule has 3 heterocycles. The summed E-state index contributed by atoms with van der Waals surface area (Å²) in [7, 11) is 4.79. The standard InChI is InChI=1S/C28H29N5O4S/c1-34-25-15-21(16-26(35-2)27(25)36-3)24-19-38-28(31-22-5-4-10-29-18-22)33(24)30-17-20-6-8-23(9-7-20)32-11-13-37-14-12-32/h4-10,15-19H,11-14H2,1-3H3. The first-order chi connectivity index (χ1) is 18.7. The molecule has 1 aliphatic heterocycles. The number of aromatic nitrogens is 2. The molecule has 0 spiro atoms. The van der Waals surface area contributed by atoms with Crippen molar-refractivity contribution in [1.29, 1.82) is 0 Å². The molecule has 1 saturated heterocycles. The van der Waals surface area contributed by atoms with Crippen molar-refractivity contribution in [2.45, 2.75) is 0 Å². The van der Waals surface area contributed by atoms with Gasteiger partial charge in [-0.25, -0.2) is 9.67 Å². The number of benzene rings is 2. The first kappa shape index (κ1) is 25.5. The number of pyridine rings is 1. The molecule has 0 aliphatic carbocycles. The van der Waals surface area contributed by atoms with Crippen molar-refractivity contribution in [2.24, 2.45) is 10.1 Å². The van der Waals surface area contributed by atoms with E-state index >= 15 is 0 Å². The van der Waals surface area contributed by atoms with Gasteiger partial charge in [-0.15, -0.1) is 11.3 Å². The van der Waals surface area contributed by atoms with Crippen LogP contribution >= 0.6 is 11.3 Å². The van der Waals surface area contributed by atoms with Crippen LogP contribution in [0.5, 0.6) is 17.2 Å². The molecule has 1 fully saturated rings. The molecule has 0 amide bonds. The van der Waals surface area contributed by atoms with Crippen LogP contribution in [-0.4, -0.2) is 63.5 Å². The molecule has 0 N–H and O–H groups in total. The summed E-state index contributed by atoms with van der Waals surface area (Å²) in [6.07, 6.45) is 5.28. The Balaban J connectivity index is 1.55. The van der Waals surface area contributed by atoms with Crippen molar-refractivity contribution >= 4 is 28.9 Å². The van der Waals surface area contributed by atoms with Crippen LogP contribution in [0.15, 0.2) is 76.4 Å². The first-order valence-electron chi connectivity index (χ1n) is 12.1. The Bertz CT molecular complexity index is 1430. The molecule has 2 aromatic carbocycles. The fourth-order valence-corrected chi connectivity index (χ4v) is 5.02. The Kier molecular flexibility index (Phi) is 8.01. The highest BCUT2D eigenvalue weighted by Gasteiger charge is 2.17. The minimum absolute atomic E-state index is 0.532. The summed E-state index contributed by atoms with van der Waals surface area (Å²) in [5.41, 5.74) is 4.58. The molecular weight excluding hydrogens is 502 g/mol. The lowest BCUT2D eigenvalue weighted by Gasteiger charge is -2.28. The zero-order valence-electron chi connectivity index (χ0n) is 21.5. The van der Waals surface area contributed by atoms with E-state index in [2.05, 4.69) is 34.1 Å². The van der Waals surface area contributed by atoms with Crippen molar-refractivity contribution in [3.8, 4) is 28.5 Å². The number of hydrogen-bond acceptors (Lipinski definition) is 9. The second-order valence-electron chi connectivity index (χ2n) is 8.39. The van der Waals surface area contributed by atoms with E-state index in [0.717, 1.165) is 48.8 Å². The van der Waals surface area contributed by atoms with Gasteiger partial charge >= 0.3 is 0 Å². The van der Waals surface area contributed by atoms with Crippen LogP contribution in [0.1, 0.15) is 5.56 Å². The number of rotatable bonds is 8. The monoisotopic (exact) mass is 531 g/mol. The molecule has 0 bridgehead atoms. The zero-order valence-corrected chi connectivity index (χ0v) is 22.4. The summed E-state index contributed by atoms with van der Waals surface area (Å²) in [5, 5.41) is 6.85. The van der Waals surface area contributed by atoms with Gasteiger partial charge in [0.25, 0.3) is 0 Å². The van der Waals surface area contributed by atoms with E-state index < -0.39 is 0 Å². The van der Waals surface area contributed by atoms with Crippen molar-refractivity contribution in [3.63, 3.8) is 0 Å². The predicted octanol–water partition coefficient (Wildman–Crippen LogP) is 4.59. The average Bonchev–Trinajstić information content (AvgIpc) is 3.38. The van der Waals surface area contributed by atoms with E-state index in [9.17, 15) is 0 Å². The van der Waals surface area contributed by atoms with E-state index in [-0.39, 0.29) is 0 Å². The smallest absolute Gasteiger partial charge is 0.211 e. The Hall–Kier alpha value is -4.15. The maximum Gasteiger partial charge on any atom is 0.211 e. The molecule has 0 unspecified atom stereocenters. The van der Waals surface area contributed by atoms with E-state index in [1.807, 2.05) is 40.5 Å². The van der Waals surface area contributed by atoms with Crippen LogP contribution in [0.2, 0.25) is 0 Å². The van der Waals surface area contributed by atoms with Gasteiger partial charge in [0, 0.05) is 35.9 Å². The molecule has 4 aromatic rings. The topological polar surface area (TPSA) is 82.7 Å². The molecule has 196 valence electrons. The Labute approximate surface area is 225 Å². The normalized spacial score (nSPS) is 14.2. The van der Waals surface area contributed by atoms with Gasteiger partial charge in [-0.1, -0.05) is 12.1 Å². The highest BCUT2D eigenvalue weighted by Crippen LogP contribution is 2.41. The van der Waals surface area contributed by atoms with E-state index in [4.69, 9.17) is 29.0 Å². The number of nitrogens with zero attached hydrogens (tertiary/aromatic N) is 5. The van der Waals surface area contributed by atoms with Gasteiger partial charge in [-0.05, 0) is 42.0 Å². The van der Waals surface area contributed by atoms with Gasteiger partial charge < -0.3 is 23.8 Å². The summed E-state index contributed by atoms with van der Waals surface area (Å²) in [6.45, 7) is 3.31. The highest BCUT2D eigenvalue weighted by molar-refractivity contribution is 7.07. The summed E-state index contributed by atoms with van der Waals surface area (Å²) in [4.78, 5) is 12.0. The fraction of sp³-hybridized carbons (Fsp3) is 0.250. The molecule has 9 nitrogen and oxygen atoms in total. The first-order valence-corrected chi connectivity index (χ1v) is 13.0. The van der Waals surface area contributed by atoms with Crippen molar-refractivity contribution in [2.75, 3.05) is 52.5 Å². The van der Waals surface area contributed by atoms with Crippen LogP contribution in [0.25, 0.3) is 11.3 Å². The number of methoxy groups -OCH3 is 3. The Morgan fingerprint density at radius 1 is 0.974 bits per heavy atom. The third-order valence-corrected chi connectivity index (χ3v) is 6.92. The fourth-order valence-electron chi connectivity index (χ4n) is 4.16. The van der Waals surface area contributed by atoms with Crippen molar-refractivity contribution in [1.82, 2.24) is 9.66 Å². The van der Waals surface area contributed by atoms with Gasteiger partial charge in [0.2, 0.25) is 10.6 Å². The van der Waals surface area contributed by atoms with E-state index in [1.165, 1.54) is 17.0 Å². The van der Waals surface area contributed by atoms with Crippen LogP contribution in [0.4, 0.5) is 11.4 Å². The maximum absolute atomic E-state index is 5.58. The number of ether oxygens (including phenoxy) is 4. The molecule has 0 saturated carbocycles. The summed E-state index contributed by atoms with van der Waals surface area (Å²) in [5.74, 6) is 1.66. The lowest BCUT2D eigenvalue weighted by atomic mass is 10.1. The third-order valence-electron chi connectivity index (χ3n) is 6.11. The minimum Gasteiger partial charge on any atom is -0.493 e. The van der Waals surface area contributed by atoms with Gasteiger partial charge in [0.05, 0.1) is 58.3 Å². The Morgan fingerprint density at radius 3 is 2.34 bits per heavy atom. The third kappa shape index (κ3) is 5.56. The number of morpholine rings is 1. The Morgan fingerprint density at radius 2 is 1.71 bits per heavy atom. The lowest BCUT2D eigenvalue weighted by molar-refractivity contribution is 0.122. The highest BCUT2D eigenvalue weighted by atomic mass is 32.1. The molecule has 2 aromatic heterocycles. The predicted molar refractivity (Wildman–Crippen MR) is 149 cm³/mol. The van der Waals surface area contributed by atoms with E-state index in [1.54, 1.807) is 33.7 Å². The second kappa shape index (κ2) is 11.9. The number of thiazole rings is 1. The van der Waals surface area contributed by atoms with Gasteiger partial charge in [0.15, 0.2) is 11.5 Å². The summed E-state index contributed by atoms with van der Waals surface area (Å²) in [6, 6.07) is 15.9. The lowest BCUT2D eigenvalue weighted by Crippen LogP contribution is -2.36. The molecular formula is C28H29N5O4S. The molecule has 0 atom stereocenters. The minimum atomic E-state index is 0.532. The van der Waals surface area contributed by atoms with E-state index in [0.29, 0.717) is 22.0 Å². The van der Waals surface area contributed by atoms with Crippen LogP contribution in [0.3, 0.4) is 0 Å². The quantitative estimate of drug-likeness (QED) is 0.310. The van der Waals surface area contributed by atoms with Crippen LogP contribution in [-0.2, 0) is 4.74 Å². The maximum atomic E-state index is 5.58. The van der Waals surface area contributed by atoms with Crippen molar-refractivity contribution < 1.29 is 18.9 Å². The van der Waals surface area contributed by atoms with Gasteiger partial charge in [-0.2, -0.15) is 5.10 Å². The van der Waals surface area contributed by atoms with Crippen LogP contribution < -0.4 is 23.9 Å². The average molecular weight is 532 g/mol. The van der Waals surface area contributed by atoms with Crippen molar-refractivity contribution in [3.05, 3.63) is 76.7 Å². The molecule has 5 rings (SSSR count). The summed E-state index contributed by atoms with van der Waals surface area (Å²) < 4.78 is 23.9. The molecule has 10 heteroatoms.